The van der Waals surface area contributed by atoms with E-state index in [-0.39, 0.29) is 47.8 Å². The Labute approximate surface area is 251 Å². The number of rotatable bonds is 6. The number of carbonyl (C=O) groups is 5. The van der Waals surface area contributed by atoms with Gasteiger partial charge in [0.05, 0.1) is 30.1 Å². The average Bonchev–Trinajstić information content (AvgIpc) is 2.93. The summed E-state index contributed by atoms with van der Waals surface area (Å²) in [5.74, 6) is -3.35. The molecule has 0 saturated carbocycles. The van der Waals surface area contributed by atoms with Crippen molar-refractivity contribution < 1.29 is 43.3 Å². The Morgan fingerprint density at radius 3 is 2.37 bits per heavy atom. The van der Waals surface area contributed by atoms with E-state index in [2.05, 4.69) is 10.6 Å². The van der Waals surface area contributed by atoms with E-state index >= 15 is 0 Å². The molecule has 2 rings (SSSR count). The summed E-state index contributed by atoms with van der Waals surface area (Å²) in [5.41, 5.74) is 11.1. The van der Waals surface area contributed by atoms with Gasteiger partial charge in [-0.3, -0.25) is 19.2 Å². The third kappa shape index (κ3) is 9.73. The molecule has 43 heavy (non-hydrogen) atoms. The standard InChI is InChI=1S/C30H42N4O9/c1-15-10-19-25(33-14-24(31)36)21(35)13-20(27(19)38)34-29(39)16(2)8-7-9-22(41-5)28(43-30(32)40)18(4)12-17(3)26(37)23(11-15)42-6/h7-9,12-13,15,17,22-23,26,28,33,37H,10-11,14H2,1-6H3,(H2,31,36)(H2,32,40)(H,34,39)/b9-7+,16-8-,18-12+/t15-,17+,22+,23+,26-,28+/m1/s1. The number of aliphatic hydroxyl groups is 1. The van der Waals surface area contributed by atoms with Gasteiger partial charge in [-0.1, -0.05) is 38.2 Å². The minimum absolute atomic E-state index is 0.0658. The number of ether oxygens (including phenoxy) is 3. The van der Waals surface area contributed by atoms with Crippen LogP contribution in [0.1, 0.15) is 40.5 Å². The van der Waals surface area contributed by atoms with Crippen LogP contribution in [0.4, 0.5) is 4.79 Å². The lowest BCUT2D eigenvalue weighted by Crippen LogP contribution is -2.39. The van der Waals surface area contributed by atoms with Gasteiger partial charge in [0, 0.05) is 37.4 Å². The van der Waals surface area contributed by atoms with E-state index in [1.165, 1.54) is 33.3 Å². The molecule has 0 unspecified atom stereocenters. The highest BCUT2D eigenvalue weighted by Gasteiger charge is 2.33. The zero-order valence-electron chi connectivity index (χ0n) is 25.3. The molecule has 1 aliphatic carbocycles. The number of fused-ring (bicyclic) bond motifs is 2. The van der Waals surface area contributed by atoms with Crippen LogP contribution in [0.15, 0.2) is 58.5 Å². The van der Waals surface area contributed by atoms with E-state index in [1.807, 2.05) is 6.92 Å². The number of primary amides is 2. The summed E-state index contributed by atoms with van der Waals surface area (Å²) >= 11 is 0. The fourth-order valence-electron chi connectivity index (χ4n) is 4.95. The zero-order valence-corrected chi connectivity index (χ0v) is 25.3. The lowest BCUT2D eigenvalue weighted by Gasteiger charge is -2.30. The largest absolute Gasteiger partial charge is 0.439 e. The molecule has 13 nitrogen and oxygen atoms in total. The maximum absolute atomic E-state index is 13.5. The van der Waals surface area contributed by atoms with Crippen molar-refractivity contribution in [1.29, 1.82) is 0 Å². The van der Waals surface area contributed by atoms with Gasteiger partial charge in [-0.15, -0.1) is 0 Å². The van der Waals surface area contributed by atoms with Gasteiger partial charge in [0.15, 0.2) is 6.10 Å². The van der Waals surface area contributed by atoms with Crippen LogP contribution < -0.4 is 22.1 Å². The molecule has 7 N–H and O–H groups in total. The molecule has 0 aromatic rings. The lowest BCUT2D eigenvalue weighted by atomic mass is 9.85. The summed E-state index contributed by atoms with van der Waals surface area (Å²) < 4.78 is 16.5. The van der Waals surface area contributed by atoms with Gasteiger partial charge in [-0.2, -0.15) is 0 Å². The second-order valence-electron chi connectivity index (χ2n) is 10.8. The zero-order chi connectivity index (χ0) is 32.4. The van der Waals surface area contributed by atoms with Crippen LogP contribution in [0.3, 0.4) is 0 Å². The molecule has 6 atom stereocenters. The van der Waals surface area contributed by atoms with Gasteiger partial charge in [0.25, 0.3) is 5.91 Å². The van der Waals surface area contributed by atoms with Crippen LogP contribution in [0.25, 0.3) is 0 Å². The van der Waals surface area contributed by atoms with Crippen LogP contribution >= 0.6 is 0 Å². The topological polar surface area (TPSA) is 209 Å². The molecule has 0 aromatic heterocycles. The Morgan fingerprint density at radius 2 is 1.79 bits per heavy atom. The Kier molecular flexibility index (Phi) is 13.0. The van der Waals surface area contributed by atoms with E-state index in [9.17, 15) is 29.1 Å². The van der Waals surface area contributed by atoms with E-state index < -0.39 is 59.8 Å². The number of hydrogen-bond acceptors (Lipinski definition) is 10. The SMILES string of the molecule is CO[C@H]1/C=C/C=C(/C)C(=O)NC2=CC(=O)C(NCC(N)=O)=C(C[C@@H](C)C[C@H](OC)[C@H](O)[C@@H](C)/C=C(\C)[C@@H]1OC(N)=O)C2=O. The monoisotopic (exact) mass is 602 g/mol. The van der Waals surface area contributed by atoms with Gasteiger partial charge in [0.2, 0.25) is 17.5 Å². The summed E-state index contributed by atoms with van der Waals surface area (Å²) in [4.78, 5) is 62.7. The summed E-state index contributed by atoms with van der Waals surface area (Å²) in [5, 5.41) is 16.4. The van der Waals surface area contributed by atoms with Crippen molar-refractivity contribution in [3.63, 3.8) is 0 Å². The van der Waals surface area contributed by atoms with E-state index in [0.29, 0.717) is 5.57 Å². The number of ketones is 2. The predicted molar refractivity (Wildman–Crippen MR) is 157 cm³/mol. The van der Waals surface area contributed by atoms with E-state index in [1.54, 1.807) is 26.0 Å². The number of carbonyl (C=O) groups excluding carboxylic acids is 5. The number of amides is 3. The summed E-state index contributed by atoms with van der Waals surface area (Å²) in [6, 6.07) is 0. The quantitative estimate of drug-likeness (QED) is 0.214. The highest BCUT2D eigenvalue weighted by Crippen LogP contribution is 2.28. The molecule has 0 spiro atoms. The summed E-state index contributed by atoms with van der Waals surface area (Å²) in [7, 11) is 2.86. The molecule has 0 fully saturated rings. The Bertz CT molecular complexity index is 1260. The van der Waals surface area contributed by atoms with Crippen molar-refractivity contribution in [2.45, 2.75) is 65.0 Å². The lowest BCUT2D eigenvalue weighted by molar-refractivity contribution is -0.120. The maximum atomic E-state index is 13.5. The fourth-order valence-corrected chi connectivity index (χ4v) is 4.95. The van der Waals surface area contributed by atoms with E-state index in [0.717, 1.165) is 6.08 Å². The second-order valence-corrected chi connectivity index (χ2v) is 10.8. The third-order valence-corrected chi connectivity index (χ3v) is 7.23. The highest BCUT2D eigenvalue weighted by atomic mass is 16.6. The number of nitrogens with one attached hydrogen (secondary N) is 2. The number of aliphatic hydroxyl groups excluding tert-OH is 1. The van der Waals surface area contributed by atoms with Crippen molar-refractivity contribution in [3.05, 3.63) is 58.5 Å². The van der Waals surface area contributed by atoms with Crippen molar-refractivity contribution in [2.75, 3.05) is 20.8 Å². The molecular formula is C30H42N4O9. The number of Topliss-reactive ketones (excluding diaryl/α,β-unsaturated/α-hetero) is 1. The molecule has 2 bridgehead atoms. The van der Waals surface area contributed by atoms with Crippen LogP contribution in [-0.4, -0.2) is 79.8 Å². The minimum Gasteiger partial charge on any atom is -0.439 e. The van der Waals surface area contributed by atoms with Gasteiger partial charge in [-0.25, -0.2) is 4.79 Å². The van der Waals surface area contributed by atoms with Gasteiger partial charge in [0.1, 0.15) is 6.10 Å². The first-order valence-electron chi connectivity index (χ1n) is 13.8. The Balaban J connectivity index is 2.63. The minimum atomic E-state index is -1.02. The molecule has 236 valence electrons. The van der Waals surface area contributed by atoms with Crippen LogP contribution in [-0.2, 0) is 33.4 Å². The van der Waals surface area contributed by atoms with Gasteiger partial charge in [-0.05, 0) is 38.2 Å². The van der Waals surface area contributed by atoms with Crippen LogP contribution in [0.2, 0.25) is 0 Å². The number of hydrogen-bond donors (Lipinski definition) is 5. The van der Waals surface area contributed by atoms with Crippen LogP contribution in [0.5, 0.6) is 0 Å². The van der Waals surface area contributed by atoms with E-state index in [4.69, 9.17) is 25.7 Å². The second kappa shape index (κ2) is 16.0. The molecule has 0 aromatic carbocycles. The first kappa shape index (κ1) is 35.1. The first-order valence-corrected chi connectivity index (χ1v) is 13.8. The molecule has 1 aliphatic heterocycles. The fraction of sp³-hybridized carbons (Fsp3) is 0.500. The Morgan fingerprint density at radius 1 is 1.12 bits per heavy atom. The molecule has 1 heterocycles. The Hall–Kier alpha value is -4.07. The smallest absolute Gasteiger partial charge is 0.405 e. The first-order chi connectivity index (χ1) is 20.2. The predicted octanol–water partition coefficient (Wildman–Crippen LogP) is 0.837. The number of methoxy groups -OCH3 is 2. The summed E-state index contributed by atoms with van der Waals surface area (Å²) in [6.45, 7) is 6.43. The maximum Gasteiger partial charge on any atom is 0.405 e. The average molecular weight is 603 g/mol. The van der Waals surface area contributed by atoms with Gasteiger partial charge >= 0.3 is 6.09 Å². The highest BCUT2D eigenvalue weighted by molar-refractivity contribution is 6.23. The van der Waals surface area contributed by atoms with Crippen molar-refractivity contribution in [1.82, 2.24) is 10.6 Å². The number of nitrogens with two attached hydrogens (primary N) is 2. The molecule has 0 radical (unpaired) electrons. The van der Waals surface area contributed by atoms with Crippen molar-refractivity contribution in [3.8, 4) is 0 Å². The third-order valence-electron chi connectivity index (χ3n) is 7.23. The molecule has 3 amide bonds. The summed E-state index contributed by atoms with van der Waals surface area (Å²) in [6.07, 6.45) is 3.13. The normalized spacial score (nSPS) is 31.1. The van der Waals surface area contributed by atoms with Gasteiger partial charge < -0.3 is 41.4 Å². The molecule has 0 saturated heterocycles. The van der Waals surface area contributed by atoms with Crippen LogP contribution in [0, 0.1) is 11.8 Å². The molecule has 2 aliphatic rings. The molecular weight excluding hydrogens is 560 g/mol. The number of allylic oxidation sites excluding steroid dienone is 4. The molecule has 13 heteroatoms. The van der Waals surface area contributed by atoms with Crippen molar-refractivity contribution >= 4 is 29.5 Å². The van der Waals surface area contributed by atoms with Crippen molar-refractivity contribution in [2.24, 2.45) is 23.3 Å².